The van der Waals surface area contributed by atoms with Crippen molar-refractivity contribution in [3.8, 4) is 0 Å². The Bertz CT molecular complexity index is 471. The van der Waals surface area contributed by atoms with Crippen LogP contribution in [0.4, 0.5) is 5.82 Å². The molecule has 5 nitrogen and oxygen atoms in total. The highest BCUT2D eigenvalue weighted by atomic mass is 16.4. The molecule has 3 N–H and O–H groups in total. The van der Waals surface area contributed by atoms with Crippen LogP contribution in [0.25, 0.3) is 0 Å². The van der Waals surface area contributed by atoms with Gasteiger partial charge in [0.25, 0.3) is 0 Å². The van der Waals surface area contributed by atoms with Gasteiger partial charge >= 0.3 is 5.97 Å². The zero-order valence-electron chi connectivity index (χ0n) is 12.2. The molecule has 0 amide bonds. The maximum absolute atomic E-state index is 11.1. The number of carbonyl (C=O) groups is 1. The Balaban J connectivity index is 2.13. The van der Waals surface area contributed by atoms with Crippen LogP contribution in [0.15, 0.2) is 0 Å². The van der Waals surface area contributed by atoms with Gasteiger partial charge in [0, 0.05) is 5.92 Å². The molecule has 0 radical (unpaired) electrons. The molecule has 1 aliphatic rings. The third-order valence-corrected chi connectivity index (χ3v) is 4.26. The maximum atomic E-state index is 11.1. The predicted molar refractivity (Wildman–Crippen MR) is 77.7 cm³/mol. The summed E-state index contributed by atoms with van der Waals surface area (Å²) in [5.41, 5.74) is 6.28. The fraction of sp³-hybridized carbons (Fsp3) is 0.667. The molecule has 1 fully saturated rings. The number of aromatic carboxylic acids is 1. The smallest absolute Gasteiger partial charge is 0.341 e. The van der Waals surface area contributed by atoms with E-state index in [1.54, 1.807) is 6.92 Å². The lowest BCUT2D eigenvalue weighted by atomic mass is 9.79. The second-order valence-corrected chi connectivity index (χ2v) is 5.74. The van der Waals surface area contributed by atoms with Gasteiger partial charge < -0.3 is 10.8 Å². The zero-order valence-corrected chi connectivity index (χ0v) is 12.2. The number of nitrogen functional groups attached to an aromatic ring is 1. The minimum atomic E-state index is -1.06. The van der Waals surface area contributed by atoms with Crippen LogP contribution in [0.1, 0.15) is 73.2 Å². The van der Waals surface area contributed by atoms with Gasteiger partial charge in [0.05, 0.1) is 5.69 Å². The predicted octanol–water partition coefficient (Wildman–Crippen LogP) is 3.14. The van der Waals surface area contributed by atoms with Crippen molar-refractivity contribution in [2.24, 2.45) is 5.92 Å². The van der Waals surface area contributed by atoms with E-state index in [1.807, 2.05) is 0 Å². The lowest BCUT2D eigenvalue weighted by Crippen LogP contribution is -2.18. The fourth-order valence-electron chi connectivity index (χ4n) is 3.18. The van der Waals surface area contributed by atoms with Gasteiger partial charge in [-0.1, -0.05) is 19.8 Å². The Morgan fingerprint density at radius 2 is 1.95 bits per heavy atom. The van der Waals surface area contributed by atoms with Crippen LogP contribution < -0.4 is 5.73 Å². The Kier molecular flexibility index (Phi) is 4.57. The number of aromatic nitrogens is 2. The highest BCUT2D eigenvalue weighted by Gasteiger charge is 2.25. The first-order valence-electron chi connectivity index (χ1n) is 7.40. The Hall–Kier alpha value is -1.65. The van der Waals surface area contributed by atoms with Gasteiger partial charge in [-0.15, -0.1) is 0 Å². The molecule has 2 rings (SSSR count). The van der Waals surface area contributed by atoms with Crippen molar-refractivity contribution in [2.45, 2.75) is 58.3 Å². The van der Waals surface area contributed by atoms with E-state index in [2.05, 4.69) is 16.9 Å². The molecule has 0 aliphatic heterocycles. The Labute approximate surface area is 119 Å². The van der Waals surface area contributed by atoms with E-state index in [0.717, 1.165) is 24.6 Å². The third kappa shape index (κ3) is 3.08. The molecule has 110 valence electrons. The summed E-state index contributed by atoms with van der Waals surface area (Å²) in [4.78, 5) is 19.7. The fourth-order valence-corrected chi connectivity index (χ4v) is 3.18. The minimum Gasteiger partial charge on any atom is -0.477 e. The largest absolute Gasteiger partial charge is 0.477 e. The number of nitrogens with zero attached hydrogens (tertiary/aromatic N) is 2. The van der Waals surface area contributed by atoms with Gasteiger partial charge in [-0.3, -0.25) is 0 Å². The Morgan fingerprint density at radius 1 is 1.30 bits per heavy atom. The summed E-state index contributed by atoms with van der Waals surface area (Å²) in [6, 6.07) is 0. The molecular formula is C15H23N3O2. The third-order valence-electron chi connectivity index (χ3n) is 4.26. The van der Waals surface area contributed by atoms with E-state index in [1.165, 1.54) is 25.7 Å². The van der Waals surface area contributed by atoms with Crippen molar-refractivity contribution >= 4 is 11.8 Å². The molecule has 1 aromatic heterocycles. The maximum Gasteiger partial charge on any atom is 0.341 e. The average Bonchev–Trinajstić information content (AvgIpc) is 2.38. The van der Waals surface area contributed by atoms with Crippen LogP contribution in [0.5, 0.6) is 0 Å². The molecule has 0 bridgehead atoms. The molecule has 0 aromatic carbocycles. The number of hydrogen-bond acceptors (Lipinski definition) is 4. The number of nitrogens with two attached hydrogens (primary N) is 1. The standard InChI is InChI=1S/C15H23N3O2/c1-3-4-10-5-7-11(8-6-10)14-17-9(2)12(15(19)20)13(16)18-14/h10-11H,3-8H2,1-2H3,(H,19,20)(H2,16,17,18). The molecule has 0 atom stereocenters. The molecule has 1 saturated carbocycles. The molecule has 20 heavy (non-hydrogen) atoms. The van der Waals surface area contributed by atoms with Crippen LogP contribution in [0, 0.1) is 12.8 Å². The van der Waals surface area contributed by atoms with Gasteiger partial charge in [0.15, 0.2) is 0 Å². The van der Waals surface area contributed by atoms with E-state index < -0.39 is 5.97 Å². The quantitative estimate of drug-likeness (QED) is 0.882. The molecule has 1 aromatic rings. The van der Waals surface area contributed by atoms with Crippen molar-refractivity contribution in [3.63, 3.8) is 0 Å². The number of aryl methyl sites for hydroxylation is 1. The summed E-state index contributed by atoms with van der Waals surface area (Å²) in [7, 11) is 0. The van der Waals surface area contributed by atoms with Gasteiger partial charge in [-0.2, -0.15) is 0 Å². The van der Waals surface area contributed by atoms with Crippen molar-refractivity contribution in [1.82, 2.24) is 9.97 Å². The first-order chi connectivity index (χ1) is 9.52. The topological polar surface area (TPSA) is 89.1 Å². The van der Waals surface area contributed by atoms with Crippen LogP contribution in [0.3, 0.4) is 0 Å². The summed E-state index contributed by atoms with van der Waals surface area (Å²) in [6.07, 6.45) is 7.12. The molecule has 1 heterocycles. The summed E-state index contributed by atoms with van der Waals surface area (Å²) < 4.78 is 0. The summed E-state index contributed by atoms with van der Waals surface area (Å²) in [6.45, 7) is 3.91. The number of hydrogen-bond donors (Lipinski definition) is 2. The van der Waals surface area contributed by atoms with E-state index in [-0.39, 0.29) is 11.4 Å². The minimum absolute atomic E-state index is 0.0356. The lowest BCUT2D eigenvalue weighted by Gasteiger charge is -2.27. The van der Waals surface area contributed by atoms with E-state index in [0.29, 0.717) is 11.6 Å². The normalized spacial score (nSPS) is 22.7. The zero-order chi connectivity index (χ0) is 14.7. The van der Waals surface area contributed by atoms with Crippen LogP contribution in [-0.2, 0) is 0 Å². The van der Waals surface area contributed by atoms with Crippen molar-refractivity contribution in [1.29, 1.82) is 0 Å². The average molecular weight is 277 g/mol. The molecule has 0 unspecified atom stereocenters. The SMILES string of the molecule is CCCC1CCC(c2nc(C)c(C(=O)O)c(N)n2)CC1. The first kappa shape index (κ1) is 14.8. The summed E-state index contributed by atoms with van der Waals surface area (Å²) in [5, 5.41) is 9.08. The van der Waals surface area contributed by atoms with Gasteiger partial charge in [0.2, 0.25) is 0 Å². The number of anilines is 1. The van der Waals surface area contributed by atoms with Crippen LogP contribution in [-0.4, -0.2) is 21.0 Å². The highest BCUT2D eigenvalue weighted by Crippen LogP contribution is 2.36. The number of rotatable bonds is 4. The van der Waals surface area contributed by atoms with E-state index >= 15 is 0 Å². The van der Waals surface area contributed by atoms with E-state index in [9.17, 15) is 4.79 Å². The second-order valence-electron chi connectivity index (χ2n) is 5.74. The lowest BCUT2D eigenvalue weighted by molar-refractivity contribution is 0.0696. The highest BCUT2D eigenvalue weighted by molar-refractivity contribution is 5.93. The van der Waals surface area contributed by atoms with Gasteiger partial charge in [-0.25, -0.2) is 14.8 Å². The number of carboxylic acids is 1. The van der Waals surface area contributed by atoms with E-state index in [4.69, 9.17) is 10.8 Å². The molecule has 5 heteroatoms. The second kappa shape index (κ2) is 6.20. The van der Waals surface area contributed by atoms with Crippen molar-refractivity contribution in [2.75, 3.05) is 5.73 Å². The van der Waals surface area contributed by atoms with Crippen LogP contribution >= 0.6 is 0 Å². The molecular weight excluding hydrogens is 254 g/mol. The first-order valence-corrected chi connectivity index (χ1v) is 7.40. The Morgan fingerprint density at radius 3 is 2.45 bits per heavy atom. The summed E-state index contributed by atoms with van der Waals surface area (Å²) >= 11 is 0. The summed E-state index contributed by atoms with van der Waals surface area (Å²) in [5.74, 6) is 0.911. The molecule has 0 saturated heterocycles. The molecule has 0 spiro atoms. The van der Waals surface area contributed by atoms with Gasteiger partial charge in [0.1, 0.15) is 17.2 Å². The molecule has 1 aliphatic carbocycles. The van der Waals surface area contributed by atoms with Crippen LogP contribution in [0.2, 0.25) is 0 Å². The monoisotopic (exact) mass is 277 g/mol. The van der Waals surface area contributed by atoms with Crippen molar-refractivity contribution < 1.29 is 9.90 Å². The van der Waals surface area contributed by atoms with Crippen molar-refractivity contribution in [3.05, 3.63) is 17.1 Å². The number of carboxylic acid groups (broad SMARTS) is 1. The van der Waals surface area contributed by atoms with Gasteiger partial charge in [-0.05, 0) is 38.5 Å².